The summed E-state index contributed by atoms with van der Waals surface area (Å²) in [6, 6.07) is 0.308. The Morgan fingerprint density at radius 3 is 2.74 bits per heavy atom. The monoisotopic (exact) mass is 265 g/mol. The Morgan fingerprint density at radius 2 is 2.16 bits per heavy atom. The normalized spacial score (nSPS) is 24.8. The van der Waals surface area contributed by atoms with Gasteiger partial charge in [0.2, 0.25) is 0 Å². The molecule has 1 aliphatic rings. The van der Waals surface area contributed by atoms with Crippen molar-refractivity contribution in [1.29, 1.82) is 0 Å². The Labute approximate surface area is 116 Å². The van der Waals surface area contributed by atoms with Crippen molar-refractivity contribution >= 4 is 0 Å². The highest BCUT2D eigenvalue weighted by Crippen LogP contribution is 2.44. The van der Waals surface area contributed by atoms with E-state index in [9.17, 15) is 0 Å². The molecule has 1 N–H and O–H groups in total. The first-order valence-corrected chi connectivity index (χ1v) is 7.28. The maximum absolute atomic E-state index is 6.13. The van der Waals surface area contributed by atoms with E-state index < -0.39 is 0 Å². The molecule has 2 heterocycles. The number of rotatable bonds is 5. The minimum absolute atomic E-state index is 0.0687. The summed E-state index contributed by atoms with van der Waals surface area (Å²) in [5.74, 6) is 0. The number of aromatic nitrogens is 2. The molecule has 0 amide bonds. The first kappa shape index (κ1) is 14.5. The van der Waals surface area contributed by atoms with Gasteiger partial charge in [0.1, 0.15) is 0 Å². The lowest BCUT2D eigenvalue weighted by molar-refractivity contribution is -0.0737. The number of nitrogens with zero attached hydrogens (tertiary/aromatic N) is 2. The van der Waals surface area contributed by atoms with Crippen LogP contribution in [0.1, 0.15) is 59.1 Å². The fraction of sp³-hybridized carbons (Fsp3) is 0.800. The third-order valence-corrected chi connectivity index (χ3v) is 3.76. The number of hydrogen-bond donors (Lipinski definition) is 1. The van der Waals surface area contributed by atoms with Crippen molar-refractivity contribution in [2.45, 2.75) is 71.2 Å². The summed E-state index contributed by atoms with van der Waals surface area (Å²) in [5.41, 5.74) is 1.01. The summed E-state index contributed by atoms with van der Waals surface area (Å²) in [4.78, 5) is 0. The van der Waals surface area contributed by atoms with Crippen LogP contribution in [0.3, 0.4) is 0 Å². The van der Waals surface area contributed by atoms with Gasteiger partial charge in [-0.05, 0) is 40.7 Å². The minimum atomic E-state index is -0.163. The van der Waals surface area contributed by atoms with Crippen molar-refractivity contribution in [1.82, 2.24) is 15.1 Å². The molecule has 4 heteroatoms. The Hall–Kier alpha value is -0.870. The smallest absolute Gasteiger partial charge is 0.0857 e. The molecule has 0 spiro atoms. The van der Waals surface area contributed by atoms with Crippen LogP contribution in [0.15, 0.2) is 12.4 Å². The van der Waals surface area contributed by atoms with Crippen LogP contribution in [0.25, 0.3) is 0 Å². The zero-order chi connectivity index (χ0) is 14.1. The molecule has 1 aromatic heterocycles. The summed E-state index contributed by atoms with van der Waals surface area (Å²) >= 11 is 0. The van der Waals surface area contributed by atoms with E-state index in [1.165, 1.54) is 5.56 Å². The van der Waals surface area contributed by atoms with Gasteiger partial charge in [0.05, 0.1) is 23.4 Å². The molecular formula is C15H27N3O. The maximum Gasteiger partial charge on any atom is 0.0857 e. The average molecular weight is 265 g/mol. The van der Waals surface area contributed by atoms with Crippen LogP contribution in [0.5, 0.6) is 0 Å². The standard InChI is InChI=1S/C15H27N3O/c1-6-7-16-9-12-10-17-18(11-12)13-8-14(2,3)19-15(13,4)5/h10-11,13,16H,6-9H2,1-5H3. The van der Waals surface area contributed by atoms with E-state index >= 15 is 0 Å². The van der Waals surface area contributed by atoms with Gasteiger partial charge in [-0.25, -0.2) is 0 Å². The highest BCUT2D eigenvalue weighted by molar-refractivity contribution is 5.07. The molecule has 1 aromatic rings. The quantitative estimate of drug-likeness (QED) is 0.832. The van der Waals surface area contributed by atoms with Crippen molar-refractivity contribution in [3.63, 3.8) is 0 Å². The van der Waals surface area contributed by atoms with Gasteiger partial charge in [-0.3, -0.25) is 4.68 Å². The zero-order valence-corrected chi connectivity index (χ0v) is 12.9. The van der Waals surface area contributed by atoms with Crippen LogP contribution >= 0.6 is 0 Å². The van der Waals surface area contributed by atoms with Crippen molar-refractivity contribution in [3.8, 4) is 0 Å². The van der Waals surface area contributed by atoms with Gasteiger partial charge >= 0.3 is 0 Å². The molecular weight excluding hydrogens is 238 g/mol. The largest absolute Gasteiger partial charge is 0.367 e. The van der Waals surface area contributed by atoms with E-state index in [4.69, 9.17) is 4.74 Å². The predicted molar refractivity (Wildman–Crippen MR) is 77.1 cm³/mol. The summed E-state index contributed by atoms with van der Waals surface area (Å²) < 4.78 is 8.22. The van der Waals surface area contributed by atoms with E-state index in [1.54, 1.807) is 0 Å². The van der Waals surface area contributed by atoms with Crippen LogP contribution in [-0.4, -0.2) is 27.5 Å². The lowest BCUT2D eigenvalue weighted by Gasteiger charge is -2.27. The lowest BCUT2D eigenvalue weighted by Crippen LogP contribution is -2.31. The molecule has 1 saturated heterocycles. The fourth-order valence-corrected chi connectivity index (χ4v) is 2.99. The Morgan fingerprint density at radius 1 is 1.42 bits per heavy atom. The Kier molecular flexibility index (Phi) is 4.02. The third kappa shape index (κ3) is 3.37. The van der Waals surface area contributed by atoms with Crippen LogP contribution in [0.4, 0.5) is 0 Å². The van der Waals surface area contributed by atoms with E-state index in [0.717, 1.165) is 25.9 Å². The first-order valence-electron chi connectivity index (χ1n) is 7.28. The molecule has 1 unspecified atom stereocenters. The van der Waals surface area contributed by atoms with Crippen molar-refractivity contribution in [2.75, 3.05) is 6.54 Å². The molecule has 0 bridgehead atoms. The highest BCUT2D eigenvalue weighted by Gasteiger charge is 2.47. The van der Waals surface area contributed by atoms with E-state index in [2.05, 4.69) is 55.9 Å². The minimum Gasteiger partial charge on any atom is -0.367 e. The molecule has 108 valence electrons. The van der Waals surface area contributed by atoms with Crippen molar-refractivity contribution in [3.05, 3.63) is 18.0 Å². The van der Waals surface area contributed by atoms with E-state index in [1.807, 2.05) is 6.20 Å². The molecule has 0 aliphatic carbocycles. The Balaban J connectivity index is 2.06. The van der Waals surface area contributed by atoms with Crippen LogP contribution in [0, 0.1) is 0 Å². The SMILES string of the molecule is CCCNCc1cnn(C2CC(C)(C)OC2(C)C)c1. The summed E-state index contributed by atoms with van der Waals surface area (Å²) in [6.07, 6.45) is 6.28. The second-order valence-corrected chi connectivity index (χ2v) is 6.69. The van der Waals surface area contributed by atoms with Gasteiger partial charge in [0, 0.05) is 24.7 Å². The van der Waals surface area contributed by atoms with Gasteiger partial charge < -0.3 is 10.1 Å². The lowest BCUT2D eigenvalue weighted by atomic mass is 9.95. The molecule has 4 nitrogen and oxygen atoms in total. The molecule has 0 radical (unpaired) electrons. The number of ether oxygens (including phenoxy) is 1. The van der Waals surface area contributed by atoms with Crippen LogP contribution in [0.2, 0.25) is 0 Å². The highest BCUT2D eigenvalue weighted by atomic mass is 16.5. The summed E-state index contributed by atoms with van der Waals surface area (Å²) in [6.45, 7) is 12.7. The van der Waals surface area contributed by atoms with Crippen molar-refractivity contribution < 1.29 is 4.74 Å². The average Bonchev–Trinajstić information content (AvgIpc) is 2.80. The molecule has 19 heavy (non-hydrogen) atoms. The summed E-state index contributed by atoms with van der Waals surface area (Å²) in [5, 5.41) is 7.94. The van der Waals surface area contributed by atoms with Gasteiger partial charge in [-0.2, -0.15) is 5.10 Å². The van der Waals surface area contributed by atoms with Crippen LogP contribution in [-0.2, 0) is 11.3 Å². The van der Waals surface area contributed by atoms with E-state index in [-0.39, 0.29) is 11.2 Å². The maximum atomic E-state index is 6.13. The topological polar surface area (TPSA) is 39.1 Å². The second kappa shape index (κ2) is 5.25. The molecule has 1 atom stereocenters. The van der Waals surface area contributed by atoms with Crippen LogP contribution < -0.4 is 5.32 Å². The fourth-order valence-electron chi connectivity index (χ4n) is 2.99. The van der Waals surface area contributed by atoms with Gasteiger partial charge in [0.25, 0.3) is 0 Å². The number of nitrogens with one attached hydrogen (secondary N) is 1. The Bertz CT molecular complexity index is 423. The second-order valence-electron chi connectivity index (χ2n) is 6.69. The third-order valence-electron chi connectivity index (χ3n) is 3.76. The van der Waals surface area contributed by atoms with Gasteiger partial charge in [0.15, 0.2) is 0 Å². The predicted octanol–water partition coefficient (Wildman–Crippen LogP) is 2.90. The van der Waals surface area contributed by atoms with Gasteiger partial charge in [-0.1, -0.05) is 6.92 Å². The number of hydrogen-bond acceptors (Lipinski definition) is 3. The molecule has 0 saturated carbocycles. The van der Waals surface area contributed by atoms with E-state index in [0.29, 0.717) is 6.04 Å². The zero-order valence-electron chi connectivity index (χ0n) is 12.9. The molecule has 1 fully saturated rings. The molecule has 2 rings (SSSR count). The molecule has 1 aliphatic heterocycles. The van der Waals surface area contributed by atoms with Gasteiger partial charge in [-0.15, -0.1) is 0 Å². The molecule has 0 aromatic carbocycles. The summed E-state index contributed by atoms with van der Waals surface area (Å²) in [7, 11) is 0. The first-order chi connectivity index (χ1) is 8.84. The van der Waals surface area contributed by atoms with Crippen molar-refractivity contribution in [2.24, 2.45) is 0 Å².